The van der Waals surface area contributed by atoms with Crippen molar-refractivity contribution in [2.24, 2.45) is 0 Å². The van der Waals surface area contributed by atoms with Crippen molar-refractivity contribution in [3.8, 4) is 11.5 Å². The van der Waals surface area contributed by atoms with Gasteiger partial charge in [0, 0.05) is 6.20 Å². The lowest BCUT2D eigenvalue weighted by Crippen LogP contribution is -2.21. The number of carboxylic acids is 1. The molecular weight excluding hydrogens is 271 g/mol. The molecule has 0 saturated carbocycles. The highest BCUT2D eigenvalue weighted by molar-refractivity contribution is 7.07. The standard InChI is InChI=1S/C9H4F3N3O2S/c10-9(11,12)4-1-2-5(13-3-4)6-14-7(8(16)17)18-15-6/h1-3H,(H,16,17)/p-1. The van der Waals surface area contributed by atoms with Gasteiger partial charge in [-0.15, -0.1) is 0 Å². The summed E-state index contributed by atoms with van der Waals surface area (Å²) in [5.41, 5.74) is -0.839. The predicted molar refractivity (Wildman–Crippen MR) is 52.5 cm³/mol. The Morgan fingerprint density at radius 2 is 2.06 bits per heavy atom. The van der Waals surface area contributed by atoms with E-state index in [0.29, 0.717) is 17.7 Å². The summed E-state index contributed by atoms with van der Waals surface area (Å²) < 4.78 is 40.5. The number of alkyl halides is 3. The van der Waals surface area contributed by atoms with E-state index in [-0.39, 0.29) is 16.5 Å². The molecule has 0 N–H and O–H groups in total. The summed E-state index contributed by atoms with van der Waals surface area (Å²) in [6.07, 6.45) is -3.84. The molecule has 2 aromatic heterocycles. The van der Waals surface area contributed by atoms with E-state index in [1.54, 1.807) is 0 Å². The van der Waals surface area contributed by atoms with Crippen LogP contribution in [0.2, 0.25) is 0 Å². The van der Waals surface area contributed by atoms with E-state index in [4.69, 9.17) is 0 Å². The smallest absolute Gasteiger partial charge is 0.417 e. The second-order valence-electron chi connectivity index (χ2n) is 3.14. The minimum Gasteiger partial charge on any atom is -0.542 e. The summed E-state index contributed by atoms with van der Waals surface area (Å²) in [4.78, 5) is 17.6. The number of hydrogen-bond donors (Lipinski definition) is 0. The third-order valence-electron chi connectivity index (χ3n) is 1.92. The van der Waals surface area contributed by atoms with Gasteiger partial charge >= 0.3 is 6.18 Å². The van der Waals surface area contributed by atoms with Gasteiger partial charge in [-0.2, -0.15) is 17.5 Å². The number of hydrogen-bond acceptors (Lipinski definition) is 6. The van der Waals surface area contributed by atoms with Crippen LogP contribution in [0.3, 0.4) is 0 Å². The molecule has 18 heavy (non-hydrogen) atoms. The molecule has 9 heteroatoms. The first-order chi connectivity index (χ1) is 8.38. The molecule has 2 heterocycles. The van der Waals surface area contributed by atoms with Gasteiger partial charge in [0.25, 0.3) is 0 Å². The van der Waals surface area contributed by atoms with Crippen LogP contribution in [0.1, 0.15) is 15.4 Å². The quantitative estimate of drug-likeness (QED) is 0.815. The fraction of sp³-hybridized carbons (Fsp3) is 0.111. The van der Waals surface area contributed by atoms with Crippen LogP contribution in [0.5, 0.6) is 0 Å². The summed E-state index contributed by atoms with van der Waals surface area (Å²) in [7, 11) is 0. The molecule has 5 nitrogen and oxygen atoms in total. The summed E-state index contributed by atoms with van der Waals surface area (Å²) in [5, 5.41) is 10.1. The molecule has 0 amide bonds. The number of nitrogens with zero attached hydrogens (tertiary/aromatic N) is 3. The topological polar surface area (TPSA) is 78.8 Å². The van der Waals surface area contributed by atoms with Gasteiger partial charge in [-0.25, -0.2) is 4.98 Å². The molecule has 2 rings (SSSR count). The maximum atomic E-state index is 12.3. The van der Waals surface area contributed by atoms with Crippen molar-refractivity contribution in [3.63, 3.8) is 0 Å². The average Bonchev–Trinajstić information content (AvgIpc) is 2.77. The number of aromatic nitrogens is 3. The van der Waals surface area contributed by atoms with Crippen LogP contribution in [0.25, 0.3) is 11.5 Å². The van der Waals surface area contributed by atoms with E-state index in [0.717, 1.165) is 12.1 Å². The zero-order valence-electron chi connectivity index (χ0n) is 8.43. The first-order valence-electron chi connectivity index (χ1n) is 4.46. The van der Waals surface area contributed by atoms with Gasteiger partial charge in [0.15, 0.2) is 10.8 Å². The summed E-state index contributed by atoms with van der Waals surface area (Å²) in [6.45, 7) is 0. The molecule has 0 aliphatic rings. The van der Waals surface area contributed by atoms with E-state index in [1.807, 2.05) is 0 Å². The van der Waals surface area contributed by atoms with Gasteiger partial charge in [-0.05, 0) is 23.7 Å². The lowest BCUT2D eigenvalue weighted by Gasteiger charge is -2.05. The molecule has 0 aliphatic carbocycles. The molecule has 0 radical (unpaired) electrons. The van der Waals surface area contributed by atoms with Gasteiger partial charge in [-0.3, -0.25) is 4.98 Å². The van der Waals surface area contributed by atoms with Gasteiger partial charge in [-0.1, -0.05) is 0 Å². The largest absolute Gasteiger partial charge is 0.542 e. The van der Waals surface area contributed by atoms with Crippen molar-refractivity contribution in [2.75, 3.05) is 0 Å². The monoisotopic (exact) mass is 274 g/mol. The Morgan fingerprint density at radius 1 is 1.33 bits per heavy atom. The third kappa shape index (κ3) is 2.45. The van der Waals surface area contributed by atoms with E-state index in [9.17, 15) is 23.1 Å². The lowest BCUT2D eigenvalue weighted by molar-refractivity contribution is -0.255. The zero-order chi connectivity index (χ0) is 13.3. The van der Waals surface area contributed by atoms with E-state index >= 15 is 0 Å². The zero-order valence-corrected chi connectivity index (χ0v) is 9.25. The molecule has 0 spiro atoms. The summed E-state index contributed by atoms with van der Waals surface area (Å²) in [6, 6.07) is 1.89. The number of rotatable bonds is 2. The first kappa shape index (κ1) is 12.4. The highest BCUT2D eigenvalue weighted by Crippen LogP contribution is 2.29. The van der Waals surface area contributed by atoms with Crippen LogP contribution >= 0.6 is 11.5 Å². The molecule has 0 aromatic carbocycles. The molecule has 0 fully saturated rings. The van der Waals surface area contributed by atoms with Crippen molar-refractivity contribution >= 4 is 17.5 Å². The van der Waals surface area contributed by atoms with Crippen molar-refractivity contribution in [1.82, 2.24) is 14.3 Å². The van der Waals surface area contributed by atoms with Crippen molar-refractivity contribution in [3.05, 3.63) is 28.9 Å². The highest BCUT2D eigenvalue weighted by atomic mass is 32.1. The second kappa shape index (κ2) is 4.33. The Morgan fingerprint density at radius 3 is 2.50 bits per heavy atom. The number of carboxylic acid groups (broad SMARTS) is 1. The molecule has 0 saturated heterocycles. The number of pyridine rings is 1. The van der Waals surface area contributed by atoms with E-state index < -0.39 is 17.7 Å². The van der Waals surface area contributed by atoms with Crippen LogP contribution in [-0.2, 0) is 6.18 Å². The van der Waals surface area contributed by atoms with Crippen molar-refractivity contribution < 1.29 is 23.1 Å². The minimum absolute atomic E-state index is 0.0482. The Kier molecular flexibility index (Phi) is 2.99. The molecule has 0 atom stereocenters. The van der Waals surface area contributed by atoms with E-state index in [1.165, 1.54) is 0 Å². The number of carbonyl (C=O) groups excluding carboxylic acids is 1. The van der Waals surface area contributed by atoms with Gasteiger partial charge in [0.05, 0.1) is 5.56 Å². The molecular formula is C9H3F3N3O2S-. The fourth-order valence-corrected chi connectivity index (χ4v) is 1.61. The van der Waals surface area contributed by atoms with Crippen LogP contribution in [0.15, 0.2) is 18.3 Å². The van der Waals surface area contributed by atoms with E-state index in [2.05, 4.69) is 14.3 Å². The summed E-state index contributed by atoms with van der Waals surface area (Å²) in [5.74, 6) is -1.54. The normalized spacial score (nSPS) is 11.5. The SMILES string of the molecule is O=C([O-])c1nc(-c2ccc(C(F)(F)F)cn2)ns1. The minimum atomic E-state index is -4.48. The predicted octanol–water partition coefficient (Wildman–Crippen LogP) is 0.982. The lowest BCUT2D eigenvalue weighted by atomic mass is 10.2. The maximum Gasteiger partial charge on any atom is 0.417 e. The first-order valence-corrected chi connectivity index (χ1v) is 5.24. The maximum absolute atomic E-state index is 12.3. The number of halogens is 3. The molecule has 0 unspecified atom stereocenters. The van der Waals surface area contributed by atoms with Crippen LogP contribution in [-0.4, -0.2) is 20.3 Å². The van der Waals surface area contributed by atoms with Crippen molar-refractivity contribution in [2.45, 2.75) is 6.18 Å². The third-order valence-corrected chi connectivity index (χ3v) is 2.62. The Labute approximate surface area is 102 Å². The Bertz CT molecular complexity index is 579. The van der Waals surface area contributed by atoms with Gasteiger partial charge in [0.2, 0.25) is 0 Å². The Balaban J connectivity index is 2.31. The van der Waals surface area contributed by atoms with Gasteiger partial charge < -0.3 is 9.90 Å². The molecule has 0 aliphatic heterocycles. The van der Waals surface area contributed by atoms with Gasteiger partial charge in [0.1, 0.15) is 11.7 Å². The number of carbonyl (C=O) groups is 1. The average molecular weight is 274 g/mol. The molecule has 94 valence electrons. The summed E-state index contributed by atoms with van der Waals surface area (Å²) >= 11 is 0.577. The molecule has 0 bridgehead atoms. The Hall–Kier alpha value is -2.03. The number of aromatic carboxylic acids is 1. The molecule has 2 aromatic rings. The van der Waals surface area contributed by atoms with Crippen LogP contribution < -0.4 is 5.11 Å². The van der Waals surface area contributed by atoms with Crippen molar-refractivity contribution in [1.29, 1.82) is 0 Å². The second-order valence-corrected chi connectivity index (χ2v) is 3.89. The highest BCUT2D eigenvalue weighted by Gasteiger charge is 2.30. The van der Waals surface area contributed by atoms with Crippen LogP contribution in [0.4, 0.5) is 13.2 Å². The fourth-order valence-electron chi connectivity index (χ4n) is 1.10. The van der Waals surface area contributed by atoms with Crippen LogP contribution in [0, 0.1) is 0 Å².